The third-order valence-corrected chi connectivity index (χ3v) is 4.17. The lowest BCUT2D eigenvalue weighted by Crippen LogP contribution is -2.23. The van der Waals surface area contributed by atoms with Crippen molar-refractivity contribution in [2.75, 3.05) is 26.4 Å². The van der Waals surface area contributed by atoms with Crippen LogP contribution in [0.3, 0.4) is 0 Å². The van der Waals surface area contributed by atoms with Gasteiger partial charge in [0.05, 0.1) is 5.75 Å². The monoisotopic (exact) mass is 330 g/mol. The first-order chi connectivity index (χ1) is 8.54. The molecule has 0 radical (unpaired) electrons. The molecule has 0 aromatic heterocycles. The first kappa shape index (κ1) is 15.5. The smallest absolute Gasteiger partial charge is 0.232 e. The van der Waals surface area contributed by atoms with Crippen LogP contribution in [0.5, 0.6) is 0 Å². The maximum Gasteiger partial charge on any atom is 0.232 e. The van der Waals surface area contributed by atoms with Gasteiger partial charge in [-0.05, 0) is 24.2 Å². The molecular formula is C13H19BrN2OS. The van der Waals surface area contributed by atoms with E-state index in [1.807, 2.05) is 0 Å². The number of rotatable bonds is 6. The minimum absolute atomic E-state index is 0.132. The summed E-state index contributed by atoms with van der Waals surface area (Å²) in [6.07, 6.45) is 0. The van der Waals surface area contributed by atoms with Crippen LogP contribution in [-0.4, -0.2) is 37.2 Å². The molecule has 1 rings (SSSR count). The molecule has 0 saturated carbocycles. The third kappa shape index (κ3) is 5.00. The van der Waals surface area contributed by atoms with Gasteiger partial charge in [0.1, 0.15) is 0 Å². The van der Waals surface area contributed by atoms with Crippen LogP contribution < -0.4 is 5.32 Å². The summed E-state index contributed by atoms with van der Waals surface area (Å²) in [4.78, 5) is 14.2. The fourth-order valence-corrected chi connectivity index (χ4v) is 2.88. The van der Waals surface area contributed by atoms with Gasteiger partial charge in [-0.15, -0.1) is 11.8 Å². The van der Waals surface area contributed by atoms with Gasteiger partial charge in [0, 0.05) is 30.0 Å². The number of thioether (sulfide) groups is 1. The molecule has 0 heterocycles. The number of benzene rings is 1. The van der Waals surface area contributed by atoms with E-state index in [9.17, 15) is 4.79 Å². The number of hydrogen-bond donors (Lipinski definition) is 1. The van der Waals surface area contributed by atoms with Gasteiger partial charge >= 0.3 is 0 Å². The molecule has 3 nitrogen and oxygen atoms in total. The van der Waals surface area contributed by atoms with Crippen molar-refractivity contribution < 1.29 is 4.79 Å². The predicted molar refractivity (Wildman–Crippen MR) is 80.9 cm³/mol. The highest BCUT2D eigenvalue weighted by Gasteiger charge is 2.06. The molecule has 1 aromatic rings. The highest BCUT2D eigenvalue weighted by atomic mass is 79.9. The molecule has 0 fully saturated rings. The van der Waals surface area contributed by atoms with E-state index in [0.29, 0.717) is 5.75 Å². The van der Waals surface area contributed by atoms with E-state index in [1.165, 1.54) is 5.56 Å². The fourth-order valence-electron chi connectivity index (χ4n) is 1.30. The SMILES string of the molecule is CCNCc1ccc(SCC(=O)N(C)C)cc1Br. The highest BCUT2D eigenvalue weighted by molar-refractivity contribution is 9.10. The van der Waals surface area contributed by atoms with E-state index in [1.54, 1.807) is 30.8 Å². The molecular weight excluding hydrogens is 312 g/mol. The van der Waals surface area contributed by atoms with Crippen LogP contribution in [0.4, 0.5) is 0 Å². The Morgan fingerprint density at radius 2 is 2.17 bits per heavy atom. The van der Waals surface area contributed by atoms with Crippen LogP contribution in [0.2, 0.25) is 0 Å². The van der Waals surface area contributed by atoms with Gasteiger partial charge in [0.2, 0.25) is 5.91 Å². The first-order valence-electron chi connectivity index (χ1n) is 5.86. The topological polar surface area (TPSA) is 32.3 Å². The Labute approximate surface area is 121 Å². The van der Waals surface area contributed by atoms with E-state index in [0.717, 1.165) is 22.5 Å². The summed E-state index contributed by atoms with van der Waals surface area (Å²) >= 11 is 5.13. The number of nitrogens with one attached hydrogen (secondary N) is 1. The lowest BCUT2D eigenvalue weighted by atomic mass is 10.2. The molecule has 0 saturated heterocycles. The normalized spacial score (nSPS) is 10.4. The number of carbonyl (C=O) groups is 1. The average Bonchev–Trinajstić information content (AvgIpc) is 2.34. The molecule has 1 aromatic carbocycles. The van der Waals surface area contributed by atoms with Crippen LogP contribution in [0, 0.1) is 0 Å². The molecule has 0 spiro atoms. The minimum atomic E-state index is 0.132. The van der Waals surface area contributed by atoms with Crippen LogP contribution in [0.25, 0.3) is 0 Å². The van der Waals surface area contributed by atoms with E-state index in [-0.39, 0.29) is 5.91 Å². The second-order valence-corrected chi connectivity index (χ2v) is 6.01. The predicted octanol–water partition coefficient (Wildman–Crippen LogP) is 2.74. The molecule has 100 valence electrons. The van der Waals surface area contributed by atoms with Gasteiger partial charge in [-0.1, -0.05) is 28.9 Å². The summed E-state index contributed by atoms with van der Waals surface area (Å²) in [6.45, 7) is 3.91. The van der Waals surface area contributed by atoms with Gasteiger partial charge in [0.25, 0.3) is 0 Å². The van der Waals surface area contributed by atoms with Gasteiger partial charge in [-0.25, -0.2) is 0 Å². The van der Waals surface area contributed by atoms with Gasteiger partial charge < -0.3 is 10.2 Å². The lowest BCUT2D eigenvalue weighted by molar-refractivity contribution is -0.125. The Kier molecular flexibility index (Phi) is 6.75. The van der Waals surface area contributed by atoms with Crippen molar-refractivity contribution in [1.29, 1.82) is 0 Å². The van der Waals surface area contributed by atoms with E-state index < -0.39 is 0 Å². The summed E-state index contributed by atoms with van der Waals surface area (Å²) in [5.41, 5.74) is 1.24. The minimum Gasteiger partial charge on any atom is -0.348 e. The molecule has 0 unspecified atom stereocenters. The maximum absolute atomic E-state index is 11.5. The quantitative estimate of drug-likeness (QED) is 0.814. The Hall–Kier alpha value is -0.520. The molecule has 0 aliphatic rings. The lowest BCUT2D eigenvalue weighted by Gasteiger charge is -2.10. The summed E-state index contributed by atoms with van der Waals surface area (Å²) in [5, 5.41) is 3.29. The molecule has 1 amide bonds. The zero-order valence-corrected chi connectivity index (χ0v) is 13.4. The van der Waals surface area contributed by atoms with Crippen LogP contribution in [-0.2, 0) is 11.3 Å². The number of hydrogen-bond acceptors (Lipinski definition) is 3. The van der Waals surface area contributed by atoms with Gasteiger partial charge in [-0.3, -0.25) is 4.79 Å². The zero-order valence-electron chi connectivity index (χ0n) is 11.0. The zero-order chi connectivity index (χ0) is 13.5. The van der Waals surface area contributed by atoms with Crippen molar-refractivity contribution in [2.45, 2.75) is 18.4 Å². The van der Waals surface area contributed by atoms with E-state index in [4.69, 9.17) is 0 Å². The Morgan fingerprint density at radius 1 is 1.44 bits per heavy atom. The Balaban J connectivity index is 2.58. The fraction of sp³-hybridized carbons (Fsp3) is 0.462. The van der Waals surface area contributed by atoms with Crippen molar-refractivity contribution in [3.63, 3.8) is 0 Å². The van der Waals surface area contributed by atoms with Crippen molar-refractivity contribution in [1.82, 2.24) is 10.2 Å². The summed E-state index contributed by atoms with van der Waals surface area (Å²) < 4.78 is 1.09. The number of halogens is 1. The largest absolute Gasteiger partial charge is 0.348 e. The van der Waals surface area contributed by atoms with E-state index >= 15 is 0 Å². The van der Waals surface area contributed by atoms with Crippen molar-refractivity contribution in [2.24, 2.45) is 0 Å². The second-order valence-electron chi connectivity index (χ2n) is 4.11. The highest BCUT2D eigenvalue weighted by Crippen LogP contribution is 2.25. The number of nitrogens with zero attached hydrogens (tertiary/aromatic N) is 1. The number of carbonyl (C=O) groups excluding carboxylic acids is 1. The average molecular weight is 331 g/mol. The van der Waals surface area contributed by atoms with E-state index in [2.05, 4.69) is 46.4 Å². The Morgan fingerprint density at radius 3 is 2.72 bits per heavy atom. The standard InChI is InChI=1S/C13H19BrN2OS/c1-4-15-8-10-5-6-11(7-12(10)14)18-9-13(17)16(2)3/h5-7,15H,4,8-9H2,1-3H3. The van der Waals surface area contributed by atoms with Crippen LogP contribution >= 0.6 is 27.7 Å². The molecule has 0 aliphatic carbocycles. The molecule has 0 aliphatic heterocycles. The van der Waals surface area contributed by atoms with Gasteiger partial charge in [0.15, 0.2) is 0 Å². The summed E-state index contributed by atoms with van der Waals surface area (Å²) in [5.74, 6) is 0.610. The summed E-state index contributed by atoms with van der Waals surface area (Å²) in [7, 11) is 3.55. The Bertz CT molecular complexity index is 410. The number of amides is 1. The molecule has 18 heavy (non-hydrogen) atoms. The first-order valence-corrected chi connectivity index (χ1v) is 7.64. The van der Waals surface area contributed by atoms with Crippen LogP contribution in [0.15, 0.2) is 27.6 Å². The third-order valence-electron chi connectivity index (χ3n) is 2.45. The van der Waals surface area contributed by atoms with Crippen LogP contribution in [0.1, 0.15) is 12.5 Å². The van der Waals surface area contributed by atoms with Crippen molar-refractivity contribution in [3.05, 3.63) is 28.2 Å². The molecule has 5 heteroatoms. The van der Waals surface area contributed by atoms with Crippen molar-refractivity contribution in [3.8, 4) is 0 Å². The van der Waals surface area contributed by atoms with Crippen molar-refractivity contribution >= 4 is 33.6 Å². The maximum atomic E-state index is 11.5. The molecule has 1 N–H and O–H groups in total. The molecule has 0 atom stereocenters. The van der Waals surface area contributed by atoms with Gasteiger partial charge in [-0.2, -0.15) is 0 Å². The summed E-state index contributed by atoms with van der Waals surface area (Å²) in [6, 6.07) is 6.22. The second kappa shape index (κ2) is 7.81. The molecule has 0 bridgehead atoms.